The number of aromatic nitrogens is 2. The molecule has 1 saturated carbocycles. The van der Waals surface area contributed by atoms with Crippen LogP contribution in [0.15, 0.2) is 4.90 Å². The van der Waals surface area contributed by atoms with Crippen LogP contribution >= 0.6 is 0 Å². The van der Waals surface area contributed by atoms with Gasteiger partial charge in [-0.3, -0.25) is 5.10 Å². The number of carboxylic acid groups (broad SMARTS) is 1. The van der Waals surface area contributed by atoms with Crippen molar-refractivity contribution < 1.29 is 23.4 Å². The lowest BCUT2D eigenvalue weighted by Gasteiger charge is -2.28. The Kier molecular flexibility index (Phi) is 4.09. The highest BCUT2D eigenvalue weighted by Gasteiger charge is 2.38. The van der Waals surface area contributed by atoms with Crippen LogP contribution in [-0.4, -0.2) is 58.3 Å². The molecule has 2 rings (SSSR count). The van der Waals surface area contributed by atoms with Crippen LogP contribution in [0.3, 0.4) is 0 Å². The molecule has 1 aliphatic carbocycles. The highest BCUT2D eigenvalue weighted by molar-refractivity contribution is 7.89. The van der Waals surface area contributed by atoms with Gasteiger partial charge in [-0.15, -0.1) is 0 Å². The summed E-state index contributed by atoms with van der Waals surface area (Å²) >= 11 is 0. The maximum Gasteiger partial charge on any atom is 0.357 e. The molecule has 0 aromatic carbocycles. The molecule has 1 aromatic heterocycles. The van der Waals surface area contributed by atoms with E-state index in [0.29, 0.717) is 12.8 Å². The quantitative estimate of drug-likeness (QED) is 0.719. The van der Waals surface area contributed by atoms with Gasteiger partial charge in [0, 0.05) is 13.6 Å². The summed E-state index contributed by atoms with van der Waals surface area (Å²) in [6, 6.07) is 0. The average molecular weight is 317 g/mol. The largest absolute Gasteiger partial charge is 0.476 e. The van der Waals surface area contributed by atoms with E-state index in [9.17, 15) is 18.3 Å². The minimum atomic E-state index is -4.03. The van der Waals surface area contributed by atoms with Crippen molar-refractivity contribution in [3.05, 3.63) is 11.4 Å². The number of sulfonamides is 1. The van der Waals surface area contributed by atoms with Crippen molar-refractivity contribution in [3.8, 4) is 0 Å². The molecule has 0 amide bonds. The molecule has 0 unspecified atom stereocenters. The standard InChI is InChI=1S/C12H19N3O5S/c1-8-10(9(11(16)17)14-13-8)21(19,20)15(2)7-12(18)5-3-4-6-12/h18H,3-7H2,1-2H3,(H,13,14)(H,16,17). The molecule has 9 heteroatoms. The third-order valence-corrected chi connectivity index (χ3v) is 5.78. The molecule has 1 heterocycles. The van der Waals surface area contributed by atoms with Crippen LogP contribution in [0.1, 0.15) is 41.9 Å². The third-order valence-electron chi connectivity index (χ3n) is 3.81. The molecule has 1 fully saturated rings. The van der Waals surface area contributed by atoms with Crippen molar-refractivity contribution in [2.45, 2.75) is 43.1 Å². The zero-order valence-corrected chi connectivity index (χ0v) is 12.8. The lowest BCUT2D eigenvalue weighted by atomic mass is 10.0. The summed E-state index contributed by atoms with van der Waals surface area (Å²) in [5.41, 5.74) is -1.40. The summed E-state index contributed by atoms with van der Waals surface area (Å²) in [6.45, 7) is 1.39. The summed E-state index contributed by atoms with van der Waals surface area (Å²) < 4.78 is 26.1. The Balaban J connectivity index is 2.33. The van der Waals surface area contributed by atoms with Gasteiger partial charge in [0.1, 0.15) is 4.90 Å². The highest BCUT2D eigenvalue weighted by Crippen LogP contribution is 2.32. The molecule has 8 nitrogen and oxygen atoms in total. The Hall–Kier alpha value is -1.45. The zero-order valence-electron chi connectivity index (χ0n) is 12.0. The number of nitrogens with zero attached hydrogens (tertiary/aromatic N) is 2. The second kappa shape index (κ2) is 5.39. The van der Waals surface area contributed by atoms with Gasteiger partial charge in [-0.1, -0.05) is 12.8 Å². The minimum Gasteiger partial charge on any atom is -0.476 e. The fraction of sp³-hybridized carbons (Fsp3) is 0.667. The molecule has 0 radical (unpaired) electrons. The smallest absolute Gasteiger partial charge is 0.357 e. The number of aromatic carboxylic acids is 1. The minimum absolute atomic E-state index is 0.0565. The molecule has 3 N–H and O–H groups in total. The monoisotopic (exact) mass is 317 g/mol. The fourth-order valence-electron chi connectivity index (χ4n) is 2.73. The van der Waals surface area contributed by atoms with Crippen LogP contribution < -0.4 is 0 Å². The molecule has 21 heavy (non-hydrogen) atoms. The number of nitrogens with one attached hydrogen (secondary N) is 1. The molecular formula is C12H19N3O5S. The van der Waals surface area contributed by atoms with Crippen LogP contribution in [0, 0.1) is 6.92 Å². The molecule has 0 saturated heterocycles. The highest BCUT2D eigenvalue weighted by atomic mass is 32.2. The second-order valence-corrected chi connectivity index (χ2v) is 7.51. The van der Waals surface area contributed by atoms with E-state index >= 15 is 0 Å². The predicted molar refractivity (Wildman–Crippen MR) is 73.5 cm³/mol. The number of hydrogen-bond donors (Lipinski definition) is 3. The van der Waals surface area contributed by atoms with Gasteiger partial charge in [-0.05, 0) is 19.8 Å². The number of hydrogen-bond acceptors (Lipinski definition) is 5. The number of H-pyrrole nitrogens is 1. The first-order valence-corrected chi connectivity index (χ1v) is 8.08. The number of carboxylic acids is 1. The van der Waals surface area contributed by atoms with Crippen LogP contribution in [0.2, 0.25) is 0 Å². The van der Waals surface area contributed by atoms with Crippen LogP contribution in [-0.2, 0) is 10.0 Å². The molecule has 0 atom stereocenters. The van der Waals surface area contributed by atoms with Crippen molar-refractivity contribution in [1.82, 2.24) is 14.5 Å². The number of carbonyl (C=O) groups is 1. The summed E-state index contributed by atoms with van der Waals surface area (Å²) in [5.74, 6) is -1.41. The Morgan fingerprint density at radius 1 is 1.43 bits per heavy atom. The van der Waals surface area contributed by atoms with Crippen LogP contribution in [0.4, 0.5) is 0 Å². The Bertz CT molecular complexity index is 646. The number of likely N-dealkylation sites (N-methyl/N-ethyl adjacent to an activating group) is 1. The summed E-state index contributed by atoms with van der Waals surface area (Å²) in [7, 11) is -2.69. The number of aliphatic hydroxyl groups is 1. The maximum atomic E-state index is 12.6. The summed E-state index contributed by atoms with van der Waals surface area (Å²) in [6.07, 6.45) is 2.80. The van der Waals surface area contributed by atoms with E-state index in [1.165, 1.54) is 14.0 Å². The van der Waals surface area contributed by atoms with Gasteiger partial charge in [-0.25, -0.2) is 13.2 Å². The zero-order chi connectivity index (χ0) is 15.8. The average Bonchev–Trinajstić information content (AvgIpc) is 2.95. The van der Waals surface area contributed by atoms with E-state index in [1.807, 2.05) is 0 Å². The first-order chi connectivity index (χ1) is 9.67. The van der Waals surface area contributed by atoms with Gasteiger partial charge in [0.25, 0.3) is 0 Å². The molecular weight excluding hydrogens is 298 g/mol. The molecule has 0 aliphatic heterocycles. The molecule has 0 spiro atoms. The third kappa shape index (κ3) is 2.94. The lowest BCUT2D eigenvalue weighted by molar-refractivity contribution is 0.0333. The predicted octanol–water partition coefficient (Wildman–Crippen LogP) is 0.342. The summed E-state index contributed by atoms with van der Waals surface area (Å²) in [5, 5.41) is 25.3. The van der Waals surface area contributed by atoms with E-state index in [0.717, 1.165) is 17.1 Å². The number of aryl methyl sites for hydroxylation is 1. The van der Waals surface area contributed by atoms with Crippen molar-refractivity contribution >= 4 is 16.0 Å². The van der Waals surface area contributed by atoms with E-state index in [4.69, 9.17) is 5.11 Å². The van der Waals surface area contributed by atoms with Crippen molar-refractivity contribution in [3.63, 3.8) is 0 Å². The Labute approximate surface area is 122 Å². The normalized spacial score (nSPS) is 18.3. The first-order valence-electron chi connectivity index (χ1n) is 6.64. The van der Waals surface area contributed by atoms with Crippen molar-refractivity contribution in [2.75, 3.05) is 13.6 Å². The molecule has 0 bridgehead atoms. The van der Waals surface area contributed by atoms with E-state index in [2.05, 4.69) is 10.2 Å². The van der Waals surface area contributed by atoms with Gasteiger partial charge >= 0.3 is 5.97 Å². The topological polar surface area (TPSA) is 124 Å². The Morgan fingerprint density at radius 2 is 2.00 bits per heavy atom. The first kappa shape index (κ1) is 15.9. The SMILES string of the molecule is Cc1[nH]nc(C(=O)O)c1S(=O)(=O)N(C)CC1(O)CCCC1. The number of rotatable bonds is 5. The van der Waals surface area contributed by atoms with Gasteiger partial charge in [0.05, 0.1) is 11.3 Å². The van der Waals surface area contributed by atoms with Gasteiger partial charge < -0.3 is 10.2 Å². The van der Waals surface area contributed by atoms with E-state index in [-0.39, 0.29) is 17.1 Å². The summed E-state index contributed by atoms with van der Waals surface area (Å²) in [4.78, 5) is 10.7. The lowest BCUT2D eigenvalue weighted by Crippen LogP contribution is -2.42. The van der Waals surface area contributed by atoms with E-state index < -0.39 is 27.3 Å². The van der Waals surface area contributed by atoms with Crippen LogP contribution in [0.5, 0.6) is 0 Å². The van der Waals surface area contributed by atoms with Gasteiger partial charge in [0.2, 0.25) is 10.0 Å². The van der Waals surface area contributed by atoms with Gasteiger partial charge in [-0.2, -0.15) is 9.40 Å². The second-order valence-electron chi connectivity index (χ2n) is 5.52. The molecule has 118 valence electrons. The van der Waals surface area contributed by atoms with Crippen molar-refractivity contribution in [2.24, 2.45) is 0 Å². The van der Waals surface area contributed by atoms with Gasteiger partial charge in [0.15, 0.2) is 5.69 Å². The fourth-order valence-corrected chi connectivity index (χ4v) is 4.26. The van der Waals surface area contributed by atoms with Crippen LogP contribution in [0.25, 0.3) is 0 Å². The van der Waals surface area contributed by atoms with Crippen molar-refractivity contribution in [1.29, 1.82) is 0 Å². The molecule has 1 aliphatic rings. The molecule has 1 aromatic rings. The van der Waals surface area contributed by atoms with E-state index in [1.54, 1.807) is 0 Å². The number of aromatic amines is 1. The Morgan fingerprint density at radius 3 is 2.52 bits per heavy atom. The maximum absolute atomic E-state index is 12.6.